The summed E-state index contributed by atoms with van der Waals surface area (Å²) in [5, 5.41) is 0. The second-order valence-corrected chi connectivity index (χ2v) is 6.32. The average Bonchev–Trinajstić information content (AvgIpc) is 2.21. The number of hydrogen-bond acceptors (Lipinski definition) is 4. The molecule has 0 aromatic heterocycles. The van der Waals surface area contributed by atoms with Crippen LogP contribution in [0.2, 0.25) is 0 Å². The molecular formula is C9H15O3PS. The third kappa shape index (κ3) is 6.22. The normalized spacial score (nSPS) is 10.9. The summed E-state index contributed by atoms with van der Waals surface area (Å²) < 4.78 is 22.0. The molecule has 0 heterocycles. The largest absolute Gasteiger partial charge is 0.390 e. The van der Waals surface area contributed by atoms with Gasteiger partial charge in [0.25, 0.3) is 0 Å². The fourth-order valence-electron chi connectivity index (χ4n) is 0.544. The van der Waals surface area contributed by atoms with Crippen molar-refractivity contribution < 1.29 is 13.6 Å². The maximum absolute atomic E-state index is 11.9. The van der Waals surface area contributed by atoms with Gasteiger partial charge in [0.15, 0.2) is 0 Å². The van der Waals surface area contributed by atoms with Gasteiger partial charge in [0.1, 0.15) is 0 Å². The van der Waals surface area contributed by atoms with E-state index in [1.165, 1.54) is 12.2 Å². The Hall–Kier alpha value is -0.280. The van der Waals surface area contributed by atoms with Gasteiger partial charge in [0, 0.05) is 5.75 Å². The molecular weight excluding hydrogens is 219 g/mol. The summed E-state index contributed by atoms with van der Waals surface area (Å²) in [4.78, 5) is 0. The third-order valence-electron chi connectivity index (χ3n) is 1.05. The molecule has 0 unspecified atom stereocenters. The van der Waals surface area contributed by atoms with Gasteiger partial charge in [-0.1, -0.05) is 18.2 Å². The van der Waals surface area contributed by atoms with Crippen LogP contribution in [-0.4, -0.2) is 19.0 Å². The lowest BCUT2D eigenvalue weighted by molar-refractivity contribution is 0.254. The molecule has 0 saturated carbocycles. The summed E-state index contributed by atoms with van der Waals surface area (Å²) in [7, 11) is 0. The lowest BCUT2D eigenvalue weighted by atomic mass is 10.7. The Balaban J connectivity index is 4.15. The molecule has 0 spiro atoms. The highest BCUT2D eigenvalue weighted by Gasteiger charge is 2.23. The SMILES string of the molecule is C=CCOP(=O)(OCC=C)SCC=C. The summed E-state index contributed by atoms with van der Waals surface area (Å²) >= 11 is 1.10. The Morgan fingerprint density at radius 3 is 1.93 bits per heavy atom. The van der Waals surface area contributed by atoms with Gasteiger partial charge in [-0.05, 0) is 11.4 Å². The lowest BCUT2D eigenvalue weighted by Crippen LogP contribution is -1.93. The first-order valence-electron chi connectivity index (χ1n) is 4.05. The van der Waals surface area contributed by atoms with E-state index in [2.05, 4.69) is 19.7 Å². The van der Waals surface area contributed by atoms with Gasteiger partial charge in [-0.3, -0.25) is 9.05 Å². The second-order valence-electron chi connectivity index (χ2n) is 2.20. The molecule has 0 N–H and O–H groups in total. The van der Waals surface area contributed by atoms with Gasteiger partial charge >= 0.3 is 6.80 Å². The smallest absolute Gasteiger partial charge is 0.297 e. The van der Waals surface area contributed by atoms with E-state index in [0.717, 1.165) is 11.4 Å². The van der Waals surface area contributed by atoms with Crippen LogP contribution in [0.15, 0.2) is 38.0 Å². The molecule has 0 fully saturated rings. The Morgan fingerprint density at radius 1 is 1.07 bits per heavy atom. The molecule has 0 saturated heterocycles. The van der Waals surface area contributed by atoms with Crippen molar-refractivity contribution in [3.05, 3.63) is 38.0 Å². The Kier molecular flexibility index (Phi) is 7.90. The van der Waals surface area contributed by atoms with Crippen LogP contribution in [0.1, 0.15) is 0 Å². The molecule has 5 heteroatoms. The van der Waals surface area contributed by atoms with Gasteiger partial charge in [-0.25, -0.2) is 4.57 Å². The molecule has 80 valence electrons. The summed E-state index contributed by atoms with van der Waals surface area (Å²) in [6, 6.07) is 0. The topological polar surface area (TPSA) is 35.5 Å². The van der Waals surface area contributed by atoms with Crippen molar-refractivity contribution in [2.45, 2.75) is 0 Å². The molecule has 0 atom stereocenters. The van der Waals surface area contributed by atoms with Crippen LogP contribution in [0.4, 0.5) is 0 Å². The first-order chi connectivity index (χ1) is 6.68. The Bertz CT molecular complexity index is 202. The van der Waals surface area contributed by atoms with Crippen molar-refractivity contribution in [1.82, 2.24) is 0 Å². The quantitative estimate of drug-likeness (QED) is 0.452. The molecule has 0 radical (unpaired) electrons. The maximum Gasteiger partial charge on any atom is 0.390 e. The summed E-state index contributed by atoms with van der Waals surface area (Å²) in [5.74, 6) is 0.519. The summed E-state index contributed by atoms with van der Waals surface area (Å²) in [6.45, 7) is 7.82. The number of hydrogen-bond donors (Lipinski definition) is 0. The first-order valence-corrected chi connectivity index (χ1v) is 7.18. The van der Waals surface area contributed by atoms with Gasteiger partial charge in [-0.2, -0.15) is 0 Å². The van der Waals surface area contributed by atoms with E-state index >= 15 is 0 Å². The van der Waals surface area contributed by atoms with Crippen LogP contribution in [0.25, 0.3) is 0 Å². The molecule has 0 amide bonds. The predicted octanol–water partition coefficient (Wildman–Crippen LogP) is 3.42. The van der Waals surface area contributed by atoms with Crippen LogP contribution in [0.5, 0.6) is 0 Å². The minimum absolute atomic E-state index is 0.207. The van der Waals surface area contributed by atoms with E-state index in [0.29, 0.717) is 5.75 Å². The standard InChI is InChI=1S/C9H15O3PS/c1-4-7-11-13(10,12-8-5-2)14-9-6-3/h4-6H,1-3,7-9H2. The molecule has 0 aromatic rings. The van der Waals surface area contributed by atoms with E-state index in [9.17, 15) is 4.57 Å². The molecule has 14 heavy (non-hydrogen) atoms. The van der Waals surface area contributed by atoms with Gasteiger partial charge in [0.05, 0.1) is 13.2 Å². The molecule has 0 bridgehead atoms. The lowest BCUT2D eigenvalue weighted by Gasteiger charge is -2.14. The first kappa shape index (κ1) is 13.7. The monoisotopic (exact) mass is 234 g/mol. The van der Waals surface area contributed by atoms with E-state index < -0.39 is 6.80 Å². The summed E-state index contributed by atoms with van der Waals surface area (Å²) in [5.41, 5.74) is 0. The zero-order chi connectivity index (χ0) is 10.9. The second kappa shape index (κ2) is 8.06. The summed E-state index contributed by atoms with van der Waals surface area (Å²) in [6.07, 6.45) is 4.70. The Morgan fingerprint density at radius 2 is 1.57 bits per heavy atom. The molecule has 0 aliphatic carbocycles. The van der Waals surface area contributed by atoms with E-state index in [-0.39, 0.29) is 13.2 Å². The van der Waals surface area contributed by atoms with Crippen LogP contribution >= 0.6 is 18.2 Å². The van der Waals surface area contributed by atoms with Crippen molar-refractivity contribution in [3.63, 3.8) is 0 Å². The average molecular weight is 234 g/mol. The van der Waals surface area contributed by atoms with Gasteiger partial charge in [-0.15, -0.1) is 19.7 Å². The minimum atomic E-state index is -3.07. The Labute approximate surface area is 89.2 Å². The van der Waals surface area contributed by atoms with Crippen molar-refractivity contribution in [1.29, 1.82) is 0 Å². The van der Waals surface area contributed by atoms with Crippen molar-refractivity contribution in [2.75, 3.05) is 19.0 Å². The molecule has 0 rings (SSSR count). The highest BCUT2D eigenvalue weighted by Crippen LogP contribution is 2.60. The van der Waals surface area contributed by atoms with Crippen LogP contribution in [0, 0.1) is 0 Å². The van der Waals surface area contributed by atoms with Crippen molar-refractivity contribution >= 4 is 18.2 Å². The molecule has 3 nitrogen and oxygen atoms in total. The fraction of sp³-hybridized carbons (Fsp3) is 0.333. The van der Waals surface area contributed by atoms with E-state index in [1.54, 1.807) is 6.08 Å². The van der Waals surface area contributed by atoms with Crippen LogP contribution in [0.3, 0.4) is 0 Å². The zero-order valence-corrected chi connectivity index (χ0v) is 9.77. The van der Waals surface area contributed by atoms with Gasteiger partial charge < -0.3 is 0 Å². The van der Waals surface area contributed by atoms with Crippen molar-refractivity contribution in [3.8, 4) is 0 Å². The predicted molar refractivity (Wildman–Crippen MR) is 62.6 cm³/mol. The van der Waals surface area contributed by atoms with Crippen LogP contribution < -0.4 is 0 Å². The van der Waals surface area contributed by atoms with E-state index in [4.69, 9.17) is 9.05 Å². The zero-order valence-electron chi connectivity index (χ0n) is 8.05. The molecule has 0 aliphatic rings. The fourth-order valence-corrected chi connectivity index (χ4v) is 3.31. The third-order valence-corrected chi connectivity index (χ3v) is 4.71. The highest BCUT2D eigenvalue weighted by atomic mass is 32.7. The highest BCUT2D eigenvalue weighted by molar-refractivity contribution is 8.55. The number of rotatable bonds is 9. The van der Waals surface area contributed by atoms with Crippen LogP contribution in [-0.2, 0) is 13.6 Å². The van der Waals surface area contributed by atoms with Crippen molar-refractivity contribution in [2.24, 2.45) is 0 Å². The molecule has 0 aliphatic heterocycles. The maximum atomic E-state index is 11.9. The van der Waals surface area contributed by atoms with Gasteiger partial charge in [0.2, 0.25) is 0 Å². The minimum Gasteiger partial charge on any atom is -0.297 e. The molecule has 0 aromatic carbocycles. The van der Waals surface area contributed by atoms with E-state index in [1.807, 2.05) is 0 Å².